The molecule has 0 saturated heterocycles. The molecule has 0 unspecified atom stereocenters. The molecule has 1 aromatic carbocycles. The molecule has 4 nitrogen and oxygen atoms in total. The number of hydrogen-bond donors (Lipinski definition) is 1. The molecule has 1 aromatic heterocycles. The van der Waals surface area contributed by atoms with E-state index >= 15 is 0 Å². The molecule has 2 aromatic rings. The van der Waals surface area contributed by atoms with Crippen LogP contribution in [0.2, 0.25) is 0 Å². The van der Waals surface area contributed by atoms with Gasteiger partial charge in [-0.2, -0.15) is 0 Å². The van der Waals surface area contributed by atoms with Crippen molar-refractivity contribution in [2.75, 3.05) is 13.2 Å². The Labute approximate surface area is 127 Å². The average molecular weight is 329 g/mol. The van der Waals surface area contributed by atoms with Gasteiger partial charge in [-0.05, 0) is 49.7 Å². The fourth-order valence-corrected chi connectivity index (χ4v) is 4.03. The summed E-state index contributed by atoms with van der Waals surface area (Å²) in [4.78, 5) is 0.954. The fraction of sp³-hybridized carbons (Fsp3) is 0.286. The van der Waals surface area contributed by atoms with E-state index in [9.17, 15) is 12.8 Å². The van der Waals surface area contributed by atoms with Gasteiger partial charge in [-0.1, -0.05) is 0 Å². The van der Waals surface area contributed by atoms with Crippen molar-refractivity contribution in [3.05, 3.63) is 47.1 Å². The number of hydrogen-bond acceptors (Lipinski definition) is 4. The highest BCUT2D eigenvalue weighted by Crippen LogP contribution is 2.20. The molecule has 0 radical (unpaired) electrons. The summed E-state index contributed by atoms with van der Waals surface area (Å²) in [5.74, 6) is 0.245. The Balaban J connectivity index is 1.73. The van der Waals surface area contributed by atoms with E-state index in [1.807, 2.05) is 6.92 Å². The predicted molar refractivity (Wildman–Crippen MR) is 80.8 cm³/mol. The first-order valence-electron chi connectivity index (χ1n) is 6.42. The van der Waals surface area contributed by atoms with Crippen molar-refractivity contribution in [1.82, 2.24) is 4.72 Å². The molecule has 0 aliphatic carbocycles. The van der Waals surface area contributed by atoms with Crippen LogP contribution in [0.4, 0.5) is 4.39 Å². The summed E-state index contributed by atoms with van der Waals surface area (Å²) in [6, 6.07) is 9.07. The van der Waals surface area contributed by atoms with Crippen LogP contribution in [-0.2, 0) is 10.0 Å². The van der Waals surface area contributed by atoms with E-state index in [0.29, 0.717) is 29.5 Å². The van der Waals surface area contributed by atoms with E-state index in [1.54, 1.807) is 12.1 Å². The summed E-state index contributed by atoms with van der Waals surface area (Å²) in [6.07, 6.45) is 0.529. The molecule has 2 rings (SSSR count). The number of halogens is 1. The Kier molecular flexibility index (Phi) is 5.33. The minimum absolute atomic E-state index is 0.292. The number of benzene rings is 1. The van der Waals surface area contributed by atoms with Gasteiger partial charge in [-0.3, -0.25) is 0 Å². The van der Waals surface area contributed by atoms with E-state index in [-0.39, 0.29) is 5.82 Å². The number of rotatable bonds is 7. The predicted octanol–water partition coefficient (Wildman–Crippen LogP) is 2.94. The van der Waals surface area contributed by atoms with Gasteiger partial charge in [0.25, 0.3) is 0 Å². The molecular weight excluding hydrogens is 313 g/mol. The zero-order valence-corrected chi connectivity index (χ0v) is 13.1. The second-order valence-electron chi connectivity index (χ2n) is 4.42. The molecule has 0 aliphatic heterocycles. The van der Waals surface area contributed by atoms with Crippen LogP contribution in [0.5, 0.6) is 5.75 Å². The molecule has 114 valence electrons. The maximum Gasteiger partial charge on any atom is 0.250 e. The Morgan fingerprint density at radius 1 is 1.19 bits per heavy atom. The number of thiophene rings is 1. The van der Waals surface area contributed by atoms with Gasteiger partial charge >= 0.3 is 0 Å². The lowest BCUT2D eigenvalue weighted by atomic mass is 10.3. The van der Waals surface area contributed by atoms with Gasteiger partial charge in [0.15, 0.2) is 0 Å². The topological polar surface area (TPSA) is 55.4 Å². The summed E-state index contributed by atoms with van der Waals surface area (Å²) in [5, 5.41) is 0. The first-order chi connectivity index (χ1) is 9.97. The van der Waals surface area contributed by atoms with E-state index in [0.717, 1.165) is 4.88 Å². The lowest BCUT2D eigenvalue weighted by Crippen LogP contribution is -2.25. The second kappa shape index (κ2) is 7.02. The van der Waals surface area contributed by atoms with E-state index in [2.05, 4.69) is 4.72 Å². The van der Waals surface area contributed by atoms with Crippen LogP contribution in [0.1, 0.15) is 11.3 Å². The van der Waals surface area contributed by atoms with Gasteiger partial charge in [-0.15, -0.1) is 11.3 Å². The van der Waals surface area contributed by atoms with Crippen molar-refractivity contribution in [2.45, 2.75) is 17.6 Å². The molecule has 0 aliphatic rings. The maximum absolute atomic E-state index is 12.7. The Morgan fingerprint density at radius 3 is 2.52 bits per heavy atom. The van der Waals surface area contributed by atoms with Crippen LogP contribution in [0.25, 0.3) is 0 Å². The van der Waals surface area contributed by atoms with Gasteiger partial charge in [0, 0.05) is 11.4 Å². The van der Waals surface area contributed by atoms with Gasteiger partial charge in [0.05, 0.1) is 6.61 Å². The van der Waals surface area contributed by atoms with E-state index < -0.39 is 10.0 Å². The fourth-order valence-electron chi connectivity index (χ4n) is 1.63. The van der Waals surface area contributed by atoms with Crippen molar-refractivity contribution in [3.8, 4) is 5.75 Å². The Bertz CT molecular complexity index is 680. The summed E-state index contributed by atoms with van der Waals surface area (Å²) < 4.78 is 44.8. The van der Waals surface area contributed by atoms with Crippen molar-refractivity contribution in [3.63, 3.8) is 0 Å². The van der Waals surface area contributed by atoms with Crippen LogP contribution >= 0.6 is 11.3 Å². The highest BCUT2D eigenvalue weighted by atomic mass is 32.2. The largest absolute Gasteiger partial charge is 0.494 e. The number of ether oxygens (including phenoxy) is 1. The van der Waals surface area contributed by atoms with Crippen molar-refractivity contribution >= 4 is 21.4 Å². The second-order valence-corrected chi connectivity index (χ2v) is 7.70. The third kappa shape index (κ3) is 4.80. The molecule has 0 saturated carbocycles. The highest BCUT2D eigenvalue weighted by molar-refractivity contribution is 7.91. The molecule has 0 amide bonds. The SMILES string of the molecule is Cc1ccc(S(=O)(=O)NCCCOc2ccc(F)cc2)s1. The molecule has 1 N–H and O–H groups in total. The third-order valence-corrected chi connectivity index (χ3v) is 5.63. The molecule has 21 heavy (non-hydrogen) atoms. The molecular formula is C14H16FNO3S2. The van der Waals surface area contributed by atoms with Gasteiger partial charge in [0.2, 0.25) is 10.0 Å². The minimum Gasteiger partial charge on any atom is -0.494 e. The van der Waals surface area contributed by atoms with Crippen molar-refractivity contribution in [2.24, 2.45) is 0 Å². The quantitative estimate of drug-likeness (QED) is 0.795. The highest BCUT2D eigenvalue weighted by Gasteiger charge is 2.14. The van der Waals surface area contributed by atoms with Crippen LogP contribution < -0.4 is 9.46 Å². The molecule has 0 spiro atoms. The van der Waals surface area contributed by atoms with Crippen molar-refractivity contribution < 1.29 is 17.5 Å². The zero-order chi connectivity index (χ0) is 15.3. The summed E-state index contributed by atoms with van der Waals surface area (Å²) in [7, 11) is -3.43. The van der Waals surface area contributed by atoms with Crippen LogP contribution in [0.3, 0.4) is 0 Å². The van der Waals surface area contributed by atoms with Gasteiger partial charge in [0.1, 0.15) is 15.8 Å². The normalized spacial score (nSPS) is 11.5. The molecule has 0 atom stereocenters. The van der Waals surface area contributed by atoms with Crippen molar-refractivity contribution in [1.29, 1.82) is 0 Å². The van der Waals surface area contributed by atoms with Crippen LogP contribution in [0.15, 0.2) is 40.6 Å². The molecule has 0 fully saturated rings. The van der Waals surface area contributed by atoms with E-state index in [1.165, 1.54) is 35.6 Å². The third-order valence-electron chi connectivity index (χ3n) is 2.68. The summed E-state index contributed by atoms with van der Waals surface area (Å²) >= 11 is 1.24. The first kappa shape index (κ1) is 15.9. The smallest absolute Gasteiger partial charge is 0.250 e. The summed E-state index contributed by atoms with van der Waals surface area (Å²) in [5.41, 5.74) is 0. The lowest BCUT2D eigenvalue weighted by molar-refractivity contribution is 0.311. The lowest BCUT2D eigenvalue weighted by Gasteiger charge is -2.07. The zero-order valence-electron chi connectivity index (χ0n) is 11.5. The number of sulfonamides is 1. The average Bonchev–Trinajstić information content (AvgIpc) is 2.88. The number of aryl methyl sites for hydroxylation is 1. The van der Waals surface area contributed by atoms with Crippen LogP contribution in [-0.4, -0.2) is 21.6 Å². The first-order valence-corrected chi connectivity index (χ1v) is 8.72. The monoisotopic (exact) mass is 329 g/mol. The van der Waals surface area contributed by atoms with E-state index in [4.69, 9.17) is 4.74 Å². The number of nitrogens with one attached hydrogen (secondary N) is 1. The van der Waals surface area contributed by atoms with Crippen LogP contribution in [0, 0.1) is 12.7 Å². The molecule has 0 bridgehead atoms. The molecule has 1 heterocycles. The Morgan fingerprint density at radius 2 is 1.90 bits per heavy atom. The maximum atomic E-state index is 12.7. The molecule has 7 heteroatoms. The standard InChI is InChI=1S/C14H16FNO3S2/c1-11-3-8-14(20-11)21(17,18)16-9-2-10-19-13-6-4-12(15)5-7-13/h3-8,16H,2,9-10H2,1H3. The summed E-state index contributed by atoms with van der Waals surface area (Å²) in [6.45, 7) is 2.51. The Hall–Kier alpha value is -1.44. The van der Waals surface area contributed by atoms with Gasteiger partial charge in [-0.25, -0.2) is 17.5 Å². The minimum atomic E-state index is -3.43. The van der Waals surface area contributed by atoms with Gasteiger partial charge < -0.3 is 4.74 Å².